The molecular weight excluding hydrogens is 402 g/mol. The monoisotopic (exact) mass is 428 g/mol. The predicted octanol–water partition coefficient (Wildman–Crippen LogP) is 6.12. The third kappa shape index (κ3) is 3.04. The molecule has 4 bridgehead atoms. The molecule has 7 unspecified atom stereocenters. The Morgan fingerprint density at radius 3 is 1.83 bits per heavy atom. The van der Waals surface area contributed by atoms with Crippen LogP contribution in [0.25, 0.3) is 0 Å². The van der Waals surface area contributed by atoms with Crippen LogP contribution in [0.1, 0.15) is 52.9 Å². The molecular formula is C20H26F6O3. The number of halogens is 6. The van der Waals surface area contributed by atoms with Gasteiger partial charge in [0.15, 0.2) is 0 Å². The molecule has 4 fully saturated rings. The molecule has 0 aromatic heterocycles. The number of carbonyl (C=O) groups excluding carboxylic acids is 1. The Bertz CT molecular complexity index is 665. The van der Waals surface area contributed by atoms with Gasteiger partial charge in [-0.1, -0.05) is 0 Å². The molecule has 0 aromatic carbocycles. The SMILES string of the molecule is CC(C)(C)OC(=O)OC(C1CC2CC1C1C3CCC(C3)C21)(C(F)(F)F)C(F)(F)F. The van der Waals surface area contributed by atoms with Crippen molar-refractivity contribution in [2.45, 2.75) is 76.4 Å². The van der Waals surface area contributed by atoms with Crippen LogP contribution in [-0.2, 0) is 9.47 Å². The summed E-state index contributed by atoms with van der Waals surface area (Å²) in [5, 5.41) is 0. The van der Waals surface area contributed by atoms with E-state index in [4.69, 9.17) is 4.74 Å². The number of rotatable bonds is 2. The van der Waals surface area contributed by atoms with Crippen LogP contribution in [0, 0.1) is 41.4 Å². The number of hydrogen-bond donors (Lipinski definition) is 0. The minimum Gasteiger partial charge on any atom is -0.429 e. The van der Waals surface area contributed by atoms with Crippen LogP contribution < -0.4 is 0 Å². The highest BCUT2D eigenvalue weighted by Crippen LogP contribution is 2.72. The first kappa shape index (κ1) is 21.1. The molecule has 3 nitrogen and oxygen atoms in total. The average molecular weight is 428 g/mol. The molecule has 0 aliphatic heterocycles. The van der Waals surface area contributed by atoms with Gasteiger partial charge in [0.25, 0.3) is 0 Å². The summed E-state index contributed by atoms with van der Waals surface area (Å²) in [4.78, 5) is 12.0. The molecule has 0 aromatic rings. The molecule has 7 atom stereocenters. The lowest BCUT2D eigenvalue weighted by molar-refractivity contribution is -0.391. The van der Waals surface area contributed by atoms with Crippen molar-refractivity contribution in [2.75, 3.05) is 0 Å². The largest absolute Gasteiger partial charge is 0.510 e. The van der Waals surface area contributed by atoms with E-state index in [1.165, 1.54) is 20.8 Å². The van der Waals surface area contributed by atoms with Crippen LogP contribution >= 0.6 is 0 Å². The fourth-order valence-electron chi connectivity index (χ4n) is 7.21. The molecule has 0 N–H and O–H groups in total. The van der Waals surface area contributed by atoms with Crippen LogP contribution in [0.5, 0.6) is 0 Å². The molecule has 29 heavy (non-hydrogen) atoms. The van der Waals surface area contributed by atoms with E-state index in [1.807, 2.05) is 0 Å². The van der Waals surface area contributed by atoms with Crippen LogP contribution in [0.4, 0.5) is 31.1 Å². The molecule has 4 rings (SSSR count). The van der Waals surface area contributed by atoms with E-state index in [-0.39, 0.29) is 30.1 Å². The molecule has 4 saturated carbocycles. The zero-order chi connectivity index (χ0) is 21.6. The highest BCUT2D eigenvalue weighted by atomic mass is 19.4. The van der Waals surface area contributed by atoms with Gasteiger partial charge in [0.05, 0.1) is 0 Å². The second kappa shape index (κ2) is 6.19. The molecule has 0 saturated heterocycles. The topological polar surface area (TPSA) is 35.5 Å². The zero-order valence-corrected chi connectivity index (χ0v) is 16.6. The molecule has 0 spiro atoms. The highest BCUT2D eigenvalue weighted by molar-refractivity contribution is 5.61. The lowest BCUT2D eigenvalue weighted by atomic mass is 9.63. The van der Waals surface area contributed by atoms with Crippen LogP contribution in [-0.4, -0.2) is 29.7 Å². The van der Waals surface area contributed by atoms with Gasteiger partial charge in [0.1, 0.15) is 5.60 Å². The molecule has 4 aliphatic carbocycles. The molecule has 0 radical (unpaired) electrons. The van der Waals surface area contributed by atoms with Crippen molar-refractivity contribution in [1.29, 1.82) is 0 Å². The Kier molecular flexibility index (Phi) is 4.50. The Morgan fingerprint density at radius 1 is 0.759 bits per heavy atom. The van der Waals surface area contributed by atoms with E-state index in [9.17, 15) is 31.1 Å². The summed E-state index contributed by atoms with van der Waals surface area (Å²) in [5.74, 6) is -1.97. The number of hydrogen-bond acceptors (Lipinski definition) is 3. The summed E-state index contributed by atoms with van der Waals surface area (Å²) < 4.78 is 93.7. The minimum atomic E-state index is -5.79. The van der Waals surface area contributed by atoms with E-state index < -0.39 is 41.5 Å². The van der Waals surface area contributed by atoms with E-state index >= 15 is 0 Å². The summed E-state index contributed by atoms with van der Waals surface area (Å²) in [6.07, 6.45) is -10.5. The summed E-state index contributed by atoms with van der Waals surface area (Å²) in [7, 11) is 0. The first-order valence-electron chi connectivity index (χ1n) is 10.2. The number of carbonyl (C=O) groups is 1. The molecule has 0 amide bonds. The summed E-state index contributed by atoms with van der Waals surface area (Å²) >= 11 is 0. The Labute approximate surface area is 165 Å². The normalized spacial score (nSPS) is 39.0. The second-order valence-electron chi connectivity index (χ2n) is 10.3. The van der Waals surface area contributed by atoms with E-state index in [1.54, 1.807) is 0 Å². The Balaban J connectivity index is 1.71. The smallest absolute Gasteiger partial charge is 0.429 e. The lowest BCUT2D eigenvalue weighted by Gasteiger charge is -2.47. The lowest BCUT2D eigenvalue weighted by Crippen LogP contribution is -2.66. The summed E-state index contributed by atoms with van der Waals surface area (Å²) in [5.41, 5.74) is -5.81. The van der Waals surface area contributed by atoms with Crippen LogP contribution in [0.15, 0.2) is 0 Å². The van der Waals surface area contributed by atoms with Gasteiger partial charge in [0.2, 0.25) is 0 Å². The summed E-state index contributed by atoms with van der Waals surface area (Å²) in [6.45, 7) is 4.07. The van der Waals surface area contributed by atoms with Gasteiger partial charge in [-0.25, -0.2) is 4.79 Å². The standard InChI is InChI=1S/C20H26F6O3/c1-17(2,3)28-16(27)29-18(19(21,22)23,20(24,25)26)13-8-11-7-12(13)15-10-5-4-9(6-10)14(11)15/h9-15H,4-8H2,1-3H3. The Hall–Kier alpha value is -1.15. The second-order valence-corrected chi connectivity index (χ2v) is 10.3. The first-order valence-corrected chi connectivity index (χ1v) is 10.2. The van der Waals surface area contributed by atoms with Gasteiger partial charge < -0.3 is 9.47 Å². The highest BCUT2D eigenvalue weighted by Gasteiger charge is 2.81. The number of fused-ring (bicyclic) bond motifs is 9. The third-order valence-electron chi connectivity index (χ3n) is 7.73. The van der Waals surface area contributed by atoms with Gasteiger partial charge in [-0.3, -0.25) is 0 Å². The van der Waals surface area contributed by atoms with Gasteiger partial charge in [-0.15, -0.1) is 0 Å². The van der Waals surface area contributed by atoms with Gasteiger partial charge in [0, 0.05) is 5.92 Å². The fourth-order valence-corrected chi connectivity index (χ4v) is 7.21. The van der Waals surface area contributed by atoms with Crippen molar-refractivity contribution in [3.8, 4) is 0 Å². The third-order valence-corrected chi connectivity index (χ3v) is 7.73. The van der Waals surface area contributed by atoms with Crippen molar-refractivity contribution in [1.82, 2.24) is 0 Å². The van der Waals surface area contributed by atoms with Crippen LogP contribution in [0.3, 0.4) is 0 Å². The molecule has 166 valence electrons. The quantitative estimate of drug-likeness (QED) is 0.302. The van der Waals surface area contributed by atoms with Crippen LogP contribution in [0.2, 0.25) is 0 Å². The first-order chi connectivity index (χ1) is 13.2. The van der Waals surface area contributed by atoms with Crippen molar-refractivity contribution in [3.05, 3.63) is 0 Å². The number of alkyl halides is 6. The molecule has 9 heteroatoms. The minimum absolute atomic E-state index is 0.121. The van der Waals surface area contributed by atoms with Gasteiger partial charge in [-0.05, 0) is 88.4 Å². The van der Waals surface area contributed by atoms with E-state index in [0.29, 0.717) is 12.3 Å². The zero-order valence-electron chi connectivity index (χ0n) is 16.6. The van der Waals surface area contributed by atoms with Crippen molar-refractivity contribution >= 4 is 6.16 Å². The summed E-state index contributed by atoms with van der Waals surface area (Å²) in [6, 6.07) is 0. The maximum absolute atomic E-state index is 14.1. The fraction of sp³-hybridized carbons (Fsp3) is 0.950. The van der Waals surface area contributed by atoms with Gasteiger partial charge in [-0.2, -0.15) is 26.3 Å². The van der Waals surface area contributed by atoms with Gasteiger partial charge >= 0.3 is 24.1 Å². The Morgan fingerprint density at radius 2 is 1.31 bits per heavy atom. The van der Waals surface area contributed by atoms with Crippen molar-refractivity contribution in [2.24, 2.45) is 41.4 Å². The molecule has 4 aliphatic rings. The molecule has 0 heterocycles. The van der Waals surface area contributed by atoms with E-state index in [2.05, 4.69) is 4.74 Å². The maximum atomic E-state index is 14.1. The van der Waals surface area contributed by atoms with Crippen molar-refractivity contribution in [3.63, 3.8) is 0 Å². The predicted molar refractivity (Wildman–Crippen MR) is 89.7 cm³/mol. The van der Waals surface area contributed by atoms with E-state index in [0.717, 1.165) is 19.3 Å². The maximum Gasteiger partial charge on any atom is 0.510 e. The number of ether oxygens (including phenoxy) is 2. The average Bonchev–Trinajstić information content (AvgIpc) is 3.25. The van der Waals surface area contributed by atoms with Crippen molar-refractivity contribution < 1.29 is 40.6 Å².